The molecule has 1 fully saturated rings. The summed E-state index contributed by atoms with van der Waals surface area (Å²) in [7, 11) is 2.22. The van der Waals surface area contributed by atoms with Crippen LogP contribution >= 0.6 is 0 Å². The van der Waals surface area contributed by atoms with Gasteiger partial charge in [-0.2, -0.15) is 0 Å². The molecule has 1 heterocycles. The molecule has 0 bridgehead atoms. The van der Waals surface area contributed by atoms with Crippen LogP contribution in [0.15, 0.2) is 42.5 Å². The lowest BCUT2D eigenvalue weighted by atomic mass is 9.94. The summed E-state index contributed by atoms with van der Waals surface area (Å²) in [6.45, 7) is 5.74. The Labute approximate surface area is 121 Å². The number of hydrogen-bond donors (Lipinski definition) is 1. The van der Waals surface area contributed by atoms with Crippen LogP contribution in [0, 0.1) is 5.92 Å². The molecule has 0 saturated carbocycles. The van der Waals surface area contributed by atoms with Gasteiger partial charge in [-0.3, -0.25) is 0 Å². The van der Waals surface area contributed by atoms with Crippen LogP contribution in [0.3, 0.4) is 0 Å². The van der Waals surface area contributed by atoms with Gasteiger partial charge in [0.15, 0.2) is 0 Å². The quantitative estimate of drug-likeness (QED) is 0.919. The molecule has 2 heteroatoms. The number of piperidine rings is 1. The zero-order chi connectivity index (χ0) is 13.9. The van der Waals surface area contributed by atoms with E-state index in [-0.39, 0.29) is 0 Å². The molecule has 2 unspecified atom stereocenters. The highest BCUT2D eigenvalue weighted by Gasteiger charge is 2.23. The van der Waals surface area contributed by atoms with Crippen molar-refractivity contribution in [3.63, 3.8) is 0 Å². The summed E-state index contributed by atoms with van der Waals surface area (Å²) in [5, 5.41) is 6.41. The van der Waals surface area contributed by atoms with Crippen molar-refractivity contribution in [1.82, 2.24) is 10.2 Å². The van der Waals surface area contributed by atoms with E-state index in [4.69, 9.17) is 0 Å². The van der Waals surface area contributed by atoms with E-state index in [2.05, 4.69) is 66.7 Å². The van der Waals surface area contributed by atoms with Crippen LogP contribution in [0.4, 0.5) is 0 Å². The molecule has 2 atom stereocenters. The van der Waals surface area contributed by atoms with Gasteiger partial charge in [0.2, 0.25) is 0 Å². The molecule has 0 aromatic heterocycles. The topological polar surface area (TPSA) is 15.3 Å². The summed E-state index contributed by atoms with van der Waals surface area (Å²) >= 11 is 0. The first-order valence-electron chi connectivity index (χ1n) is 7.62. The Balaban J connectivity index is 1.65. The lowest BCUT2D eigenvalue weighted by Crippen LogP contribution is -2.46. The molecule has 0 spiro atoms. The minimum atomic E-state index is 0.651. The Morgan fingerprint density at radius 1 is 1.15 bits per heavy atom. The average molecular weight is 268 g/mol. The van der Waals surface area contributed by atoms with E-state index in [1.807, 2.05) is 0 Å². The van der Waals surface area contributed by atoms with E-state index >= 15 is 0 Å². The van der Waals surface area contributed by atoms with E-state index < -0.39 is 0 Å². The maximum Gasteiger partial charge on any atom is 0.0208 e. The van der Waals surface area contributed by atoms with E-state index in [1.54, 1.807) is 0 Å². The van der Waals surface area contributed by atoms with E-state index in [1.165, 1.54) is 35.8 Å². The smallest absolute Gasteiger partial charge is 0.0208 e. The van der Waals surface area contributed by atoms with Crippen LogP contribution < -0.4 is 5.32 Å². The standard InChI is InChI=1S/C18H24N2/c1-14-13-20(2)10-9-18(14)19-12-15-7-8-16-5-3-4-6-17(16)11-15/h3-8,11,14,18-19H,9-10,12-13H2,1-2H3. The molecule has 1 aliphatic rings. The molecule has 2 aromatic rings. The van der Waals surface area contributed by atoms with Gasteiger partial charge < -0.3 is 10.2 Å². The van der Waals surface area contributed by atoms with E-state index in [0.29, 0.717) is 6.04 Å². The molecule has 1 N–H and O–H groups in total. The van der Waals surface area contributed by atoms with Gasteiger partial charge in [0, 0.05) is 19.1 Å². The highest BCUT2D eigenvalue weighted by Crippen LogP contribution is 2.18. The molecule has 1 saturated heterocycles. The van der Waals surface area contributed by atoms with Gasteiger partial charge in [0.25, 0.3) is 0 Å². The molecule has 1 aliphatic heterocycles. The van der Waals surface area contributed by atoms with Crippen molar-refractivity contribution in [1.29, 1.82) is 0 Å². The molecule has 3 rings (SSSR count). The summed E-state index contributed by atoms with van der Waals surface area (Å²) in [5.74, 6) is 0.731. The fourth-order valence-electron chi connectivity index (χ4n) is 3.26. The van der Waals surface area contributed by atoms with Crippen molar-refractivity contribution in [3.8, 4) is 0 Å². The number of benzene rings is 2. The summed E-state index contributed by atoms with van der Waals surface area (Å²) < 4.78 is 0. The molecule has 0 aliphatic carbocycles. The summed E-state index contributed by atoms with van der Waals surface area (Å²) in [6, 6.07) is 16.0. The summed E-state index contributed by atoms with van der Waals surface area (Å²) in [6.07, 6.45) is 1.26. The SMILES string of the molecule is CC1CN(C)CCC1NCc1ccc2ccccc2c1. The number of rotatable bonds is 3. The monoisotopic (exact) mass is 268 g/mol. The van der Waals surface area contributed by atoms with Crippen molar-refractivity contribution < 1.29 is 0 Å². The molecule has 106 valence electrons. The maximum atomic E-state index is 3.75. The van der Waals surface area contributed by atoms with Crippen LogP contribution in [0.5, 0.6) is 0 Å². The second-order valence-corrected chi connectivity index (χ2v) is 6.20. The van der Waals surface area contributed by atoms with Gasteiger partial charge in [-0.05, 0) is 48.3 Å². The molecule has 2 nitrogen and oxygen atoms in total. The van der Waals surface area contributed by atoms with Crippen molar-refractivity contribution >= 4 is 10.8 Å². The number of likely N-dealkylation sites (tertiary alicyclic amines) is 1. The molecular weight excluding hydrogens is 244 g/mol. The number of nitrogens with zero attached hydrogens (tertiary/aromatic N) is 1. The fourth-order valence-corrected chi connectivity index (χ4v) is 3.26. The molecule has 0 radical (unpaired) electrons. The highest BCUT2D eigenvalue weighted by atomic mass is 15.1. The minimum absolute atomic E-state index is 0.651. The molecular formula is C18H24N2. The highest BCUT2D eigenvalue weighted by molar-refractivity contribution is 5.82. The largest absolute Gasteiger partial charge is 0.310 e. The van der Waals surface area contributed by atoms with Crippen molar-refractivity contribution in [2.75, 3.05) is 20.1 Å². The van der Waals surface area contributed by atoms with Crippen LogP contribution in [0.2, 0.25) is 0 Å². The second-order valence-electron chi connectivity index (χ2n) is 6.20. The van der Waals surface area contributed by atoms with E-state index in [0.717, 1.165) is 12.5 Å². The minimum Gasteiger partial charge on any atom is -0.310 e. The van der Waals surface area contributed by atoms with Crippen molar-refractivity contribution in [3.05, 3.63) is 48.0 Å². The van der Waals surface area contributed by atoms with Crippen LogP contribution in [-0.4, -0.2) is 31.1 Å². The summed E-state index contributed by atoms with van der Waals surface area (Å²) in [5.41, 5.74) is 1.38. The Hall–Kier alpha value is -1.38. The second kappa shape index (κ2) is 5.94. The van der Waals surface area contributed by atoms with Gasteiger partial charge in [0.05, 0.1) is 0 Å². The van der Waals surface area contributed by atoms with E-state index in [9.17, 15) is 0 Å². The van der Waals surface area contributed by atoms with Crippen LogP contribution in [0.25, 0.3) is 10.8 Å². The number of fused-ring (bicyclic) bond motifs is 1. The van der Waals surface area contributed by atoms with Crippen molar-refractivity contribution in [2.45, 2.75) is 25.9 Å². The zero-order valence-corrected chi connectivity index (χ0v) is 12.5. The average Bonchev–Trinajstić information content (AvgIpc) is 2.46. The van der Waals surface area contributed by atoms with Gasteiger partial charge in [-0.15, -0.1) is 0 Å². The summed E-state index contributed by atoms with van der Waals surface area (Å²) in [4.78, 5) is 2.43. The van der Waals surface area contributed by atoms with Crippen molar-refractivity contribution in [2.24, 2.45) is 5.92 Å². The third-order valence-corrected chi connectivity index (χ3v) is 4.49. The van der Waals surface area contributed by atoms with Gasteiger partial charge >= 0.3 is 0 Å². The van der Waals surface area contributed by atoms with Crippen LogP contribution in [0.1, 0.15) is 18.9 Å². The lowest BCUT2D eigenvalue weighted by Gasteiger charge is -2.35. The zero-order valence-electron chi connectivity index (χ0n) is 12.5. The first-order chi connectivity index (χ1) is 9.72. The predicted molar refractivity (Wildman–Crippen MR) is 85.9 cm³/mol. The molecule has 0 amide bonds. The third kappa shape index (κ3) is 3.02. The Morgan fingerprint density at radius 3 is 2.75 bits per heavy atom. The van der Waals surface area contributed by atoms with Crippen LogP contribution in [-0.2, 0) is 6.54 Å². The normalized spacial score (nSPS) is 24.1. The first kappa shape index (κ1) is 13.6. The molecule has 2 aromatic carbocycles. The molecule has 20 heavy (non-hydrogen) atoms. The number of nitrogens with one attached hydrogen (secondary N) is 1. The fraction of sp³-hybridized carbons (Fsp3) is 0.444. The first-order valence-corrected chi connectivity index (χ1v) is 7.62. The Morgan fingerprint density at radius 2 is 1.95 bits per heavy atom. The third-order valence-electron chi connectivity index (χ3n) is 4.49. The Bertz CT molecular complexity index is 578. The van der Waals surface area contributed by atoms with Gasteiger partial charge in [-0.1, -0.05) is 43.3 Å². The van der Waals surface area contributed by atoms with Gasteiger partial charge in [0.1, 0.15) is 0 Å². The van der Waals surface area contributed by atoms with Gasteiger partial charge in [-0.25, -0.2) is 0 Å². The lowest BCUT2D eigenvalue weighted by molar-refractivity contribution is 0.174. The predicted octanol–water partition coefficient (Wildman–Crippen LogP) is 3.27. The Kier molecular flexibility index (Phi) is 4.04. The maximum absolute atomic E-state index is 3.75. The number of hydrogen-bond acceptors (Lipinski definition) is 2.